The minimum absolute atomic E-state index is 0.229. The Hall–Kier alpha value is 0.240. The van der Waals surface area contributed by atoms with Gasteiger partial charge in [-0.3, -0.25) is 0 Å². The van der Waals surface area contributed by atoms with E-state index in [1.807, 2.05) is 0 Å². The number of halogens is 3. The normalized spacial score (nSPS) is 13.1. The summed E-state index contributed by atoms with van der Waals surface area (Å²) in [4.78, 5) is -0.229. The van der Waals surface area contributed by atoms with Crippen LogP contribution in [-0.4, -0.2) is 0 Å². The van der Waals surface area contributed by atoms with Crippen LogP contribution in [0.3, 0.4) is 0 Å². The van der Waals surface area contributed by atoms with Gasteiger partial charge in [0.25, 0.3) is 0 Å². The van der Waals surface area contributed by atoms with Gasteiger partial charge in [0.1, 0.15) is 0 Å². The molecule has 0 saturated heterocycles. The van der Waals surface area contributed by atoms with E-state index in [2.05, 4.69) is 15.9 Å². The monoisotopic (exact) mass is 253 g/mol. The lowest BCUT2D eigenvalue weighted by Crippen LogP contribution is -2.01. The second-order valence-corrected chi connectivity index (χ2v) is 3.90. The van der Waals surface area contributed by atoms with Crippen LogP contribution in [-0.2, 0) is 0 Å². The molecule has 1 aromatic carbocycles. The van der Waals surface area contributed by atoms with Gasteiger partial charge in [0.15, 0.2) is 0 Å². The van der Waals surface area contributed by atoms with E-state index in [0.29, 0.717) is 10.0 Å². The third-order valence-corrected chi connectivity index (χ3v) is 2.32. The summed E-state index contributed by atoms with van der Waals surface area (Å²) in [6, 6.07) is 5.22. The first-order valence-corrected chi connectivity index (χ1v) is 4.63. The number of alkyl halides is 1. The lowest BCUT2D eigenvalue weighted by molar-refractivity contribution is 1.06. The first kappa shape index (κ1) is 9.33. The molecule has 0 aromatic heterocycles. The molecule has 4 heteroatoms. The largest absolute Gasteiger partial charge is 0.315 e. The average Bonchev–Trinajstić information content (AvgIpc) is 1.85. The van der Waals surface area contributed by atoms with Gasteiger partial charge < -0.3 is 5.73 Å². The van der Waals surface area contributed by atoms with Crippen molar-refractivity contribution in [2.45, 2.75) is 4.95 Å². The number of benzene rings is 1. The molecule has 0 bridgehead atoms. The third kappa shape index (κ3) is 2.34. The van der Waals surface area contributed by atoms with E-state index in [-0.39, 0.29) is 4.95 Å². The van der Waals surface area contributed by atoms with Crippen LogP contribution in [0.2, 0.25) is 10.0 Å². The molecule has 2 N–H and O–H groups in total. The van der Waals surface area contributed by atoms with Gasteiger partial charge >= 0.3 is 0 Å². The first-order chi connectivity index (χ1) is 5.11. The van der Waals surface area contributed by atoms with Crippen molar-refractivity contribution < 1.29 is 0 Å². The van der Waals surface area contributed by atoms with Gasteiger partial charge in [0.05, 0.1) is 4.95 Å². The van der Waals surface area contributed by atoms with Gasteiger partial charge in [0, 0.05) is 10.0 Å². The topological polar surface area (TPSA) is 26.0 Å². The van der Waals surface area contributed by atoms with E-state index in [0.717, 1.165) is 5.56 Å². The summed E-state index contributed by atoms with van der Waals surface area (Å²) in [5.74, 6) is 0. The molecule has 0 amide bonds. The van der Waals surface area contributed by atoms with Gasteiger partial charge in [-0.15, -0.1) is 0 Å². The van der Waals surface area contributed by atoms with Gasteiger partial charge in [-0.2, -0.15) is 0 Å². The van der Waals surface area contributed by atoms with E-state index in [9.17, 15) is 0 Å². The Kier molecular flexibility index (Phi) is 3.19. The fourth-order valence-electron chi connectivity index (χ4n) is 0.725. The van der Waals surface area contributed by atoms with Crippen molar-refractivity contribution in [3.63, 3.8) is 0 Å². The molecule has 0 saturated carbocycles. The molecular weight excluding hydrogens is 249 g/mol. The zero-order valence-electron chi connectivity index (χ0n) is 5.52. The first-order valence-electron chi connectivity index (χ1n) is 2.96. The van der Waals surface area contributed by atoms with Crippen molar-refractivity contribution in [3.8, 4) is 0 Å². The summed E-state index contributed by atoms with van der Waals surface area (Å²) in [5, 5.41) is 1.20. The van der Waals surface area contributed by atoms with E-state index < -0.39 is 0 Å². The van der Waals surface area contributed by atoms with Crippen molar-refractivity contribution >= 4 is 39.1 Å². The van der Waals surface area contributed by atoms with Crippen LogP contribution in [0.1, 0.15) is 10.5 Å². The number of rotatable bonds is 1. The maximum absolute atomic E-state index is 5.83. The zero-order chi connectivity index (χ0) is 8.43. The van der Waals surface area contributed by atoms with Crippen molar-refractivity contribution in [1.82, 2.24) is 0 Å². The Morgan fingerprint density at radius 2 is 2.00 bits per heavy atom. The fraction of sp³-hybridized carbons (Fsp3) is 0.143. The third-order valence-electron chi connectivity index (χ3n) is 1.26. The fourth-order valence-corrected chi connectivity index (χ4v) is 1.78. The molecule has 0 aliphatic heterocycles. The standard InChI is InChI=1S/C7H6BrCl2N/c8-7(11)5-2-1-4(9)3-6(5)10/h1-3,7H,11H2. The molecule has 0 spiro atoms. The van der Waals surface area contributed by atoms with E-state index >= 15 is 0 Å². The van der Waals surface area contributed by atoms with Crippen LogP contribution in [0.25, 0.3) is 0 Å². The highest BCUT2D eigenvalue weighted by Crippen LogP contribution is 2.27. The molecule has 0 radical (unpaired) electrons. The molecule has 0 aliphatic rings. The van der Waals surface area contributed by atoms with Crippen LogP contribution in [0.15, 0.2) is 18.2 Å². The van der Waals surface area contributed by atoms with Gasteiger partial charge in [-0.05, 0) is 17.7 Å². The van der Waals surface area contributed by atoms with Crippen molar-refractivity contribution in [1.29, 1.82) is 0 Å². The lowest BCUT2D eigenvalue weighted by Gasteiger charge is -2.05. The number of hydrogen-bond donors (Lipinski definition) is 1. The SMILES string of the molecule is NC(Br)c1ccc(Cl)cc1Cl. The highest BCUT2D eigenvalue weighted by atomic mass is 79.9. The summed E-state index contributed by atoms with van der Waals surface area (Å²) < 4.78 is 0. The van der Waals surface area contributed by atoms with Crippen LogP contribution >= 0.6 is 39.1 Å². The maximum Gasteiger partial charge on any atom is 0.0876 e. The van der Waals surface area contributed by atoms with Gasteiger partial charge in [-0.25, -0.2) is 0 Å². The molecule has 1 nitrogen and oxygen atoms in total. The van der Waals surface area contributed by atoms with E-state index in [4.69, 9.17) is 28.9 Å². The van der Waals surface area contributed by atoms with Crippen LogP contribution in [0, 0.1) is 0 Å². The second kappa shape index (κ2) is 3.76. The maximum atomic E-state index is 5.83. The van der Waals surface area contributed by atoms with E-state index in [1.54, 1.807) is 18.2 Å². The van der Waals surface area contributed by atoms with Crippen LogP contribution < -0.4 is 5.73 Å². The highest BCUT2D eigenvalue weighted by Gasteiger charge is 2.05. The summed E-state index contributed by atoms with van der Waals surface area (Å²) in [6.45, 7) is 0. The Morgan fingerprint density at radius 1 is 1.36 bits per heavy atom. The van der Waals surface area contributed by atoms with Gasteiger partial charge in [-0.1, -0.05) is 45.2 Å². The molecular formula is C7H6BrCl2N. The molecule has 1 aromatic rings. The van der Waals surface area contributed by atoms with Crippen LogP contribution in [0.4, 0.5) is 0 Å². The average molecular weight is 255 g/mol. The number of nitrogens with two attached hydrogens (primary N) is 1. The smallest absolute Gasteiger partial charge is 0.0876 e. The van der Waals surface area contributed by atoms with Crippen molar-refractivity contribution in [3.05, 3.63) is 33.8 Å². The number of hydrogen-bond acceptors (Lipinski definition) is 1. The van der Waals surface area contributed by atoms with Gasteiger partial charge in [0.2, 0.25) is 0 Å². The highest BCUT2D eigenvalue weighted by molar-refractivity contribution is 9.09. The zero-order valence-corrected chi connectivity index (χ0v) is 8.62. The Bertz CT molecular complexity index is 263. The molecule has 1 unspecified atom stereocenters. The summed E-state index contributed by atoms with van der Waals surface area (Å²) in [7, 11) is 0. The Labute approximate surface area is 83.6 Å². The molecule has 1 rings (SSSR count). The molecule has 0 aliphatic carbocycles. The summed E-state index contributed by atoms with van der Waals surface area (Å²) >= 11 is 14.7. The molecule has 60 valence electrons. The van der Waals surface area contributed by atoms with Crippen molar-refractivity contribution in [2.24, 2.45) is 5.73 Å². The summed E-state index contributed by atoms with van der Waals surface area (Å²) in [6.07, 6.45) is 0. The lowest BCUT2D eigenvalue weighted by atomic mass is 10.2. The Morgan fingerprint density at radius 3 is 2.45 bits per heavy atom. The molecule has 1 atom stereocenters. The molecule has 0 fully saturated rings. The van der Waals surface area contributed by atoms with Crippen molar-refractivity contribution in [2.75, 3.05) is 0 Å². The minimum atomic E-state index is -0.229. The summed E-state index contributed by atoms with van der Waals surface area (Å²) in [5.41, 5.74) is 6.40. The molecule has 0 heterocycles. The van der Waals surface area contributed by atoms with Crippen LogP contribution in [0.5, 0.6) is 0 Å². The Balaban J connectivity index is 3.09. The molecule has 11 heavy (non-hydrogen) atoms. The predicted octanol–water partition coefficient (Wildman–Crippen LogP) is 3.35. The quantitative estimate of drug-likeness (QED) is 0.604. The van der Waals surface area contributed by atoms with E-state index in [1.165, 1.54) is 0 Å². The predicted molar refractivity (Wildman–Crippen MR) is 52.3 cm³/mol. The second-order valence-electron chi connectivity index (χ2n) is 2.07. The minimum Gasteiger partial charge on any atom is -0.315 e.